The predicted molar refractivity (Wildman–Crippen MR) is 46.4 cm³/mol. The molecule has 0 aliphatic rings. The maximum Gasteiger partial charge on any atom is 0.154 e. The molecule has 0 radical (unpaired) electrons. The van der Waals surface area contributed by atoms with Crippen molar-refractivity contribution in [2.75, 3.05) is 20.1 Å². The van der Waals surface area contributed by atoms with Gasteiger partial charge >= 0.3 is 0 Å². The molecule has 0 aromatic carbocycles. The summed E-state index contributed by atoms with van der Waals surface area (Å²) in [6.45, 7) is 5.19. The fourth-order valence-electron chi connectivity index (χ4n) is 0.741. The zero-order chi connectivity index (χ0) is 8.69. The van der Waals surface area contributed by atoms with Crippen molar-refractivity contribution in [1.82, 2.24) is 10.6 Å². The third-order valence-electron chi connectivity index (χ3n) is 1.20. The fourth-order valence-corrected chi connectivity index (χ4v) is 0.741. The van der Waals surface area contributed by atoms with Crippen LogP contribution in [0.2, 0.25) is 0 Å². The molecule has 0 unspecified atom stereocenters. The van der Waals surface area contributed by atoms with Crippen molar-refractivity contribution >= 4 is 5.78 Å². The molecule has 64 valence electrons. The fraction of sp³-hybridized carbons (Fsp3) is 0.625. The molecule has 11 heavy (non-hydrogen) atoms. The molecule has 0 fully saturated rings. The molecule has 0 bridgehead atoms. The monoisotopic (exact) mass is 156 g/mol. The smallest absolute Gasteiger partial charge is 0.154 e. The topological polar surface area (TPSA) is 41.1 Å². The Balaban J connectivity index is 3.51. The van der Waals surface area contributed by atoms with Gasteiger partial charge in [-0.2, -0.15) is 0 Å². The Morgan fingerprint density at radius 3 is 2.45 bits per heavy atom. The van der Waals surface area contributed by atoms with E-state index in [0.29, 0.717) is 0 Å². The Morgan fingerprint density at radius 2 is 2.00 bits per heavy atom. The van der Waals surface area contributed by atoms with Gasteiger partial charge in [0.15, 0.2) is 5.78 Å². The molecule has 0 aromatic heterocycles. The first-order valence-electron chi connectivity index (χ1n) is 3.74. The Kier molecular flexibility index (Phi) is 5.47. The molecule has 0 saturated heterocycles. The molecular weight excluding hydrogens is 140 g/mol. The summed E-state index contributed by atoms with van der Waals surface area (Å²) in [5.74, 6) is 0.0828. The normalized spacial score (nSPS) is 11.4. The van der Waals surface area contributed by atoms with Crippen molar-refractivity contribution in [2.24, 2.45) is 0 Å². The average Bonchev–Trinajstić information content (AvgIpc) is 1.86. The summed E-state index contributed by atoms with van der Waals surface area (Å²) >= 11 is 0. The van der Waals surface area contributed by atoms with Crippen LogP contribution in [0.5, 0.6) is 0 Å². The highest BCUT2D eigenvalue weighted by Crippen LogP contribution is 1.85. The maximum absolute atomic E-state index is 10.6. The van der Waals surface area contributed by atoms with Crippen LogP contribution < -0.4 is 10.6 Å². The molecule has 3 heteroatoms. The van der Waals surface area contributed by atoms with Gasteiger partial charge in [0, 0.05) is 18.8 Å². The summed E-state index contributed by atoms with van der Waals surface area (Å²) in [4.78, 5) is 10.6. The van der Waals surface area contributed by atoms with Crippen LogP contribution in [0.25, 0.3) is 0 Å². The standard InChI is InChI=1S/C8H16N2O/c1-7(6-8(2)11)10-5-4-9-3/h6,9-10H,4-5H2,1-3H3/b7-6-. The van der Waals surface area contributed by atoms with Crippen molar-refractivity contribution in [3.8, 4) is 0 Å². The van der Waals surface area contributed by atoms with Gasteiger partial charge in [-0.1, -0.05) is 0 Å². The second-order valence-corrected chi connectivity index (χ2v) is 2.47. The summed E-state index contributed by atoms with van der Waals surface area (Å²) in [6, 6.07) is 0. The number of allylic oxidation sites excluding steroid dienone is 2. The van der Waals surface area contributed by atoms with E-state index in [2.05, 4.69) is 10.6 Å². The summed E-state index contributed by atoms with van der Waals surface area (Å²) in [7, 11) is 1.89. The summed E-state index contributed by atoms with van der Waals surface area (Å²) in [5.41, 5.74) is 0.924. The van der Waals surface area contributed by atoms with Gasteiger partial charge in [0.05, 0.1) is 0 Å². The van der Waals surface area contributed by atoms with Crippen LogP contribution in [0, 0.1) is 0 Å². The van der Waals surface area contributed by atoms with Gasteiger partial charge in [-0.15, -0.1) is 0 Å². The molecule has 2 N–H and O–H groups in total. The molecule has 3 nitrogen and oxygen atoms in total. The zero-order valence-electron chi connectivity index (χ0n) is 7.40. The lowest BCUT2D eigenvalue weighted by Gasteiger charge is -2.04. The average molecular weight is 156 g/mol. The molecule has 0 heterocycles. The molecule has 0 aliphatic carbocycles. The number of ketones is 1. The van der Waals surface area contributed by atoms with E-state index in [4.69, 9.17) is 0 Å². The summed E-state index contributed by atoms with van der Waals surface area (Å²) in [5, 5.41) is 6.09. The zero-order valence-corrected chi connectivity index (χ0v) is 7.40. The van der Waals surface area contributed by atoms with Crippen LogP contribution >= 0.6 is 0 Å². The second-order valence-electron chi connectivity index (χ2n) is 2.47. The van der Waals surface area contributed by atoms with E-state index in [1.807, 2.05) is 14.0 Å². The Morgan fingerprint density at radius 1 is 1.36 bits per heavy atom. The van der Waals surface area contributed by atoms with Gasteiger partial charge < -0.3 is 10.6 Å². The lowest BCUT2D eigenvalue weighted by Crippen LogP contribution is -2.23. The number of nitrogens with one attached hydrogen (secondary N) is 2. The van der Waals surface area contributed by atoms with E-state index in [1.54, 1.807) is 13.0 Å². The van der Waals surface area contributed by atoms with Gasteiger partial charge in [0.1, 0.15) is 0 Å². The van der Waals surface area contributed by atoms with Gasteiger partial charge in [0.25, 0.3) is 0 Å². The molecule has 0 spiro atoms. The SMILES string of the molecule is CNCCN/C(C)=C\C(C)=O. The molecule has 0 atom stereocenters. The molecular formula is C8H16N2O. The highest BCUT2D eigenvalue weighted by Gasteiger charge is 1.89. The van der Waals surface area contributed by atoms with E-state index >= 15 is 0 Å². The largest absolute Gasteiger partial charge is 0.387 e. The Hall–Kier alpha value is -0.830. The van der Waals surface area contributed by atoms with Crippen molar-refractivity contribution in [1.29, 1.82) is 0 Å². The lowest BCUT2D eigenvalue weighted by atomic mass is 10.3. The van der Waals surface area contributed by atoms with Crippen LogP contribution in [-0.4, -0.2) is 25.9 Å². The predicted octanol–water partition coefficient (Wildman–Crippen LogP) is 0.288. The molecule has 0 aliphatic heterocycles. The molecule has 0 saturated carbocycles. The van der Waals surface area contributed by atoms with Gasteiger partial charge in [-0.05, 0) is 27.0 Å². The number of hydrogen-bond acceptors (Lipinski definition) is 3. The quantitative estimate of drug-likeness (QED) is 0.444. The van der Waals surface area contributed by atoms with E-state index in [9.17, 15) is 4.79 Å². The number of hydrogen-bond donors (Lipinski definition) is 2. The minimum Gasteiger partial charge on any atom is -0.387 e. The Bertz CT molecular complexity index is 152. The van der Waals surface area contributed by atoms with Crippen LogP contribution in [0.1, 0.15) is 13.8 Å². The molecule has 0 aromatic rings. The van der Waals surface area contributed by atoms with Gasteiger partial charge in [-0.25, -0.2) is 0 Å². The number of rotatable bonds is 5. The minimum absolute atomic E-state index is 0.0828. The first kappa shape index (κ1) is 10.2. The summed E-state index contributed by atoms with van der Waals surface area (Å²) in [6.07, 6.45) is 1.59. The Labute approximate surface area is 67.9 Å². The van der Waals surface area contributed by atoms with Crippen molar-refractivity contribution in [3.05, 3.63) is 11.8 Å². The van der Waals surface area contributed by atoms with Crippen molar-refractivity contribution in [3.63, 3.8) is 0 Å². The lowest BCUT2D eigenvalue weighted by molar-refractivity contribution is -0.112. The second kappa shape index (κ2) is 5.92. The van der Waals surface area contributed by atoms with Crippen LogP contribution in [0.3, 0.4) is 0 Å². The highest BCUT2D eigenvalue weighted by atomic mass is 16.1. The first-order chi connectivity index (χ1) is 5.16. The highest BCUT2D eigenvalue weighted by molar-refractivity contribution is 5.87. The van der Waals surface area contributed by atoms with E-state index in [0.717, 1.165) is 18.8 Å². The number of carbonyl (C=O) groups excluding carboxylic acids is 1. The van der Waals surface area contributed by atoms with Gasteiger partial charge in [-0.3, -0.25) is 4.79 Å². The third-order valence-corrected chi connectivity index (χ3v) is 1.20. The van der Waals surface area contributed by atoms with Crippen molar-refractivity contribution < 1.29 is 4.79 Å². The molecule has 0 amide bonds. The van der Waals surface area contributed by atoms with Crippen LogP contribution in [0.15, 0.2) is 11.8 Å². The number of likely N-dealkylation sites (N-methyl/N-ethyl adjacent to an activating group) is 1. The van der Waals surface area contributed by atoms with E-state index in [-0.39, 0.29) is 5.78 Å². The van der Waals surface area contributed by atoms with E-state index in [1.165, 1.54) is 0 Å². The van der Waals surface area contributed by atoms with E-state index < -0.39 is 0 Å². The van der Waals surface area contributed by atoms with Crippen LogP contribution in [-0.2, 0) is 4.79 Å². The molecule has 0 rings (SSSR count). The van der Waals surface area contributed by atoms with Crippen LogP contribution in [0.4, 0.5) is 0 Å². The first-order valence-corrected chi connectivity index (χ1v) is 3.74. The van der Waals surface area contributed by atoms with Gasteiger partial charge in [0.2, 0.25) is 0 Å². The maximum atomic E-state index is 10.6. The minimum atomic E-state index is 0.0828. The van der Waals surface area contributed by atoms with Crippen molar-refractivity contribution in [2.45, 2.75) is 13.8 Å². The third kappa shape index (κ3) is 7.06. The number of carbonyl (C=O) groups is 1. The summed E-state index contributed by atoms with van der Waals surface area (Å²) < 4.78 is 0.